The fourth-order valence-electron chi connectivity index (χ4n) is 4.22. The molecule has 26 heavy (non-hydrogen) atoms. The summed E-state index contributed by atoms with van der Waals surface area (Å²) in [6.45, 7) is 5.66. The maximum Gasteiger partial charge on any atom is 0.228 e. The third-order valence-electron chi connectivity index (χ3n) is 5.71. The van der Waals surface area contributed by atoms with Gasteiger partial charge in [0.25, 0.3) is 0 Å². The van der Waals surface area contributed by atoms with Gasteiger partial charge >= 0.3 is 0 Å². The van der Waals surface area contributed by atoms with Crippen LogP contribution in [0.3, 0.4) is 0 Å². The zero-order chi connectivity index (χ0) is 17.9. The van der Waals surface area contributed by atoms with E-state index in [4.69, 9.17) is 4.74 Å². The van der Waals surface area contributed by atoms with E-state index in [1.54, 1.807) is 4.90 Å². The Morgan fingerprint density at radius 2 is 1.88 bits per heavy atom. The van der Waals surface area contributed by atoms with Gasteiger partial charge in [-0.2, -0.15) is 0 Å². The fourth-order valence-corrected chi connectivity index (χ4v) is 4.22. The van der Waals surface area contributed by atoms with Crippen LogP contribution in [0.2, 0.25) is 0 Å². The number of amides is 2. The van der Waals surface area contributed by atoms with Gasteiger partial charge in [0, 0.05) is 58.0 Å². The highest BCUT2D eigenvalue weighted by Crippen LogP contribution is 2.26. The molecule has 0 bridgehead atoms. The second-order valence-electron chi connectivity index (χ2n) is 7.50. The molecular formula is C20H27N3O3. The molecule has 0 radical (unpaired) electrons. The number of rotatable bonds is 4. The summed E-state index contributed by atoms with van der Waals surface area (Å²) < 4.78 is 5.71. The smallest absolute Gasteiger partial charge is 0.228 e. The number of benzene rings is 1. The third kappa shape index (κ3) is 3.76. The summed E-state index contributed by atoms with van der Waals surface area (Å²) in [7, 11) is 0. The predicted molar refractivity (Wildman–Crippen MR) is 98.9 cm³/mol. The lowest BCUT2D eigenvalue weighted by molar-refractivity contribution is -0.137. The topological polar surface area (TPSA) is 53.1 Å². The van der Waals surface area contributed by atoms with Crippen molar-refractivity contribution < 1.29 is 14.3 Å². The van der Waals surface area contributed by atoms with E-state index in [-0.39, 0.29) is 17.7 Å². The van der Waals surface area contributed by atoms with Crippen molar-refractivity contribution in [3.8, 4) is 0 Å². The Morgan fingerprint density at radius 1 is 1.12 bits per heavy atom. The molecule has 0 unspecified atom stereocenters. The van der Waals surface area contributed by atoms with Crippen molar-refractivity contribution in [1.29, 1.82) is 0 Å². The van der Waals surface area contributed by atoms with Crippen LogP contribution in [0.4, 0.5) is 5.69 Å². The minimum Gasteiger partial charge on any atom is -0.377 e. The maximum absolute atomic E-state index is 12.9. The van der Waals surface area contributed by atoms with Crippen LogP contribution in [0.5, 0.6) is 0 Å². The monoisotopic (exact) mass is 357 g/mol. The molecule has 3 heterocycles. The molecule has 0 N–H and O–H groups in total. The molecule has 4 rings (SSSR count). The van der Waals surface area contributed by atoms with Crippen LogP contribution in [0.15, 0.2) is 30.3 Å². The molecule has 2 amide bonds. The molecule has 2 atom stereocenters. The Labute approximate surface area is 154 Å². The third-order valence-corrected chi connectivity index (χ3v) is 5.71. The number of carbonyl (C=O) groups is 2. The van der Waals surface area contributed by atoms with Gasteiger partial charge in [0.2, 0.25) is 11.8 Å². The lowest BCUT2D eigenvalue weighted by Crippen LogP contribution is -2.52. The van der Waals surface area contributed by atoms with Crippen LogP contribution < -0.4 is 4.90 Å². The van der Waals surface area contributed by atoms with E-state index in [9.17, 15) is 9.59 Å². The largest absolute Gasteiger partial charge is 0.377 e. The molecular weight excluding hydrogens is 330 g/mol. The molecule has 6 heteroatoms. The maximum atomic E-state index is 12.9. The van der Waals surface area contributed by atoms with Crippen LogP contribution in [-0.2, 0) is 14.3 Å². The Bertz CT molecular complexity index is 637. The number of para-hydroxylation sites is 1. The van der Waals surface area contributed by atoms with E-state index in [2.05, 4.69) is 4.90 Å². The first-order chi connectivity index (χ1) is 12.7. The van der Waals surface area contributed by atoms with Crippen molar-refractivity contribution in [3.05, 3.63) is 30.3 Å². The van der Waals surface area contributed by atoms with Gasteiger partial charge in [0.15, 0.2) is 0 Å². The van der Waals surface area contributed by atoms with Crippen LogP contribution in [-0.4, -0.2) is 73.6 Å². The lowest BCUT2D eigenvalue weighted by atomic mass is 10.1. The molecule has 3 aliphatic heterocycles. The average Bonchev–Trinajstić information content (AvgIpc) is 3.32. The Balaban J connectivity index is 1.29. The molecule has 1 aromatic rings. The van der Waals surface area contributed by atoms with Gasteiger partial charge in [0.1, 0.15) is 0 Å². The van der Waals surface area contributed by atoms with Gasteiger partial charge in [-0.15, -0.1) is 0 Å². The van der Waals surface area contributed by atoms with Gasteiger partial charge in [-0.1, -0.05) is 18.2 Å². The highest BCUT2D eigenvalue weighted by Gasteiger charge is 2.38. The molecule has 3 fully saturated rings. The van der Waals surface area contributed by atoms with Crippen molar-refractivity contribution in [3.63, 3.8) is 0 Å². The number of hydrogen-bond acceptors (Lipinski definition) is 4. The average molecular weight is 357 g/mol. The summed E-state index contributed by atoms with van der Waals surface area (Å²) >= 11 is 0. The minimum absolute atomic E-state index is 0.0477. The predicted octanol–water partition coefficient (Wildman–Crippen LogP) is 1.36. The first kappa shape index (κ1) is 17.5. The van der Waals surface area contributed by atoms with Gasteiger partial charge in [-0.25, -0.2) is 0 Å². The highest BCUT2D eigenvalue weighted by molar-refractivity contribution is 6.00. The van der Waals surface area contributed by atoms with Gasteiger partial charge in [-0.05, 0) is 25.0 Å². The molecule has 0 saturated carbocycles. The van der Waals surface area contributed by atoms with Gasteiger partial charge in [-0.3, -0.25) is 14.5 Å². The van der Waals surface area contributed by atoms with Gasteiger partial charge in [0.05, 0.1) is 12.0 Å². The summed E-state index contributed by atoms with van der Waals surface area (Å²) in [5.41, 5.74) is 0.884. The van der Waals surface area contributed by atoms with E-state index < -0.39 is 0 Å². The van der Waals surface area contributed by atoms with Gasteiger partial charge < -0.3 is 14.5 Å². The summed E-state index contributed by atoms with van der Waals surface area (Å²) in [6.07, 6.45) is 3.00. The number of hydrogen-bond donors (Lipinski definition) is 0. The SMILES string of the molecule is O=C([C@@H]1CC(=O)N(c2ccccc2)C1)N1CCN(C[C@@H]2CCCO2)CC1. The van der Waals surface area contributed by atoms with E-state index in [0.29, 0.717) is 19.1 Å². The Kier molecular flexibility index (Phi) is 5.22. The van der Waals surface area contributed by atoms with E-state index in [1.165, 1.54) is 0 Å². The van der Waals surface area contributed by atoms with E-state index >= 15 is 0 Å². The number of carbonyl (C=O) groups excluding carboxylic acids is 2. The number of piperazine rings is 1. The van der Waals surface area contributed by atoms with Crippen molar-refractivity contribution in [2.75, 3.05) is 50.8 Å². The normalized spacial score (nSPS) is 27.3. The van der Waals surface area contributed by atoms with Crippen molar-refractivity contribution in [2.45, 2.75) is 25.4 Å². The van der Waals surface area contributed by atoms with Crippen LogP contribution >= 0.6 is 0 Å². The second-order valence-corrected chi connectivity index (χ2v) is 7.50. The molecule has 3 aliphatic rings. The Morgan fingerprint density at radius 3 is 2.58 bits per heavy atom. The van der Waals surface area contributed by atoms with E-state index in [0.717, 1.165) is 57.9 Å². The molecule has 0 aliphatic carbocycles. The lowest BCUT2D eigenvalue weighted by Gasteiger charge is -2.36. The Hall–Kier alpha value is -1.92. The second kappa shape index (κ2) is 7.76. The number of anilines is 1. The summed E-state index contributed by atoms with van der Waals surface area (Å²) in [6, 6.07) is 9.63. The van der Waals surface area contributed by atoms with Crippen LogP contribution in [0.1, 0.15) is 19.3 Å². The van der Waals surface area contributed by atoms with Crippen molar-refractivity contribution in [2.24, 2.45) is 5.92 Å². The molecule has 140 valence electrons. The zero-order valence-electron chi connectivity index (χ0n) is 15.2. The molecule has 0 spiro atoms. The zero-order valence-corrected chi connectivity index (χ0v) is 15.2. The summed E-state index contributed by atoms with van der Waals surface area (Å²) in [5, 5.41) is 0. The number of nitrogens with zero attached hydrogens (tertiary/aromatic N) is 3. The summed E-state index contributed by atoms with van der Waals surface area (Å²) in [4.78, 5) is 31.3. The molecule has 1 aromatic carbocycles. The first-order valence-corrected chi connectivity index (χ1v) is 9.69. The van der Waals surface area contributed by atoms with Crippen molar-refractivity contribution in [1.82, 2.24) is 9.80 Å². The molecule has 3 saturated heterocycles. The standard InChI is InChI=1S/C20H27N3O3/c24-19-13-16(14-23(19)17-5-2-1-3-6-17)20(25)22-10-8-21(9-11-22)15-18-7-4-12-26-18/h1-3,5-6,16,18H,4,7-15H2/t16-,18+/m1/s1. The fraction of sp³-hybridized carbons (Fsp3) is 0.600. The highest BCUT2D eigenvalue weighted by atomic mass is 16.5. The molecule has 0 aromatic heterocycles. The van der Waals surface area contributed by atoms with Crippen LogP contribution in [0, 0.1) is 5.92 Å². The quantitative estimate of drug-likeness (QED) is 0.817. The van der Waals surface area contributed by atoms with Crippen LogP contribution in [0.25, 0.3) is 0 Å². The number of ether oxygens (including phenoxy) is 1. The first-order valence-electron chi connectivity index (χ1n) is 9.69. The van der Waals surface area contributed by atoms with E-state index in [1.807, 2.05) is 35.2 Å². The summed E-state index contributed by atoms with van der Waals surface area (Å²) in [5.74, 6) is -0.0347. The minimum atomic E-state index is -0.215. The molecule has 6 nitrogen and oxygen atoms in total. The van der Waals surface area contributed by atoms with Crippen molar-refractivity contribution >= 4 is 17.5 Å².